The predicted octanol–water partition coefficient (Wildman–Crippen LogP) is 5.59. The highest BCUT2D eigenvalue weighted by Gasteiger charge is 2.18. The minimum absolute atomic E-state index is 0.103. The maximum atomic E-state index is 11.7. The molecule has 0 amide bonds. The number of aliphatic hydroxyl groups excluding tert-OH is 1. The molecule has 3 aromatic rings. The van der Waals surface area contributed by atoms with Crippen LogP contribution in [0.2, 0.25) is 0 Å². The average molecular weight is 478 g/mol. The van der Waals surface area contributed by atoms with Crippen LogP contribution >= 0.6 is 0 Å². The monoisotopic (exact) mass is 477 g/mol. The number of benzene rings is 3. The molecule has 4 N–H and O–H groups in total. The third kappa shape index (κ3) is 6.41. The van der Waals surface area contributed by atoms with E-state index < -0.39 is 12.1 Å². The van der Waals surface area contributed by atoms with Gasteiger partial charge in [0.1, 0.15) is 18.1 Å². The first-order valence-corrected chi connectivity index (χ1v) is 11.9. The van der Waals surface area contributed by atoms with Gasteiger partial charge in [0.15, 0.2) is 0 Å². The van der Waals surface area contributed by atoms with Gasteiger partial charge in [-0.05, 0) is 84.3 Å². The lowest BCUT2D eigenvalue weighted by Crippen LogP contribution is -2.35. The molecule has 35 heavy (non-hydrogen) atoms. The number of nitrogens with one attached hydrogen (secondary N) is 1. The molecule has 6 nitrogen and oxygen atoms in total. The third-order valence-corrected chi connectivity index (χ3v) is 6.24. The molecule has 186 valence electrons. The van der Waals surface area contributed by atoms with E-state index in [1.165, 1.54) is 0 Å². The molecule has 0 fully saturated rings. The second kappa shape index (κ2) is 11.4. The molecular weight excluding hydrogens is 442 g/mol. The summed E-state index contributed by atoms with van der Waals surface area (Å²) >= 11 is 0. The fourth-order valence-corrected chi connectivity index (χ4v) is 4.24. The molecule has 6 heteroatoms. The molecule has 0 bridgehead atoms. The van der Waals surface area contributed by atoms with Crippen molar-refractivity contribution in [2.45, 2.75) is 52.7 Å². The van der Waals surface area contributed by atoms with Gasteiger partial charge in [-0.3, -0.25) is 0 Å². The van der Waals surface area contributed by atoms with Crippen molar-refractivity contribution in [2.24, 2.45) is 0 Å². The van der Waals surface area contributed by atoms with E-state index in [2.05, 4.69) is 11.4 Å². The Bertz CT molecular complexity index is 1170. The number of aliphatic hydroxyl groups is 1. The zero-order chi connectivity index (χ0) is 25.7. The van der Waals surface area contributed by atoms with Crippen molar-refractivity contribution in [3.05, 3.63) is 82.4 Å². The Morgan fingerprint density at radius 2 is 1.60 bits per heavy atom. The molecule has 0 spiro atoms. The van der Waals surface area contributed by atoms with E-state index in [0.717, 1.165) is 39.1 Å². The lowest BCUT2D eigenvalue weighted by molar-refractivity contribution is 0.0694. The molecule has 3 aromatic carbocycles. The molecule has 0 aliphatic rings. The summed E-state index contributed by atoms with van der Waals surface area (Å²) in [4.78, 5) is 11.7. The fraction of sp³-hybridized carbons (Fsp3) is 0.345. The summed E-state index contributed by atoms with van der Waals surface area (Å²) in [5, 5.41) is 32.8. The minimum atomic E-state index is -0.892. The zero-order valence-electron chi connectivity index (χ0n) is 21.0. The van der Waals surface area contributed by atoms with Gasteiger partial charge in [0, 0.05) is 12.6 Å². The lowest BCUT2D eigenvalue weighted by atomic mass is 9.89. The van der Waals surface area contributed by atoms with Crippen LogP contribution in [0.15, 0.2) is 54.6 Å². The van der Waals surface area contributed by atoms with Crippen molar-refractivity contribution in [1.82, 2.24) is 5.32 Å². The fourth-order valence-electron chi connectivity index (χ4n) is 4.24. The van der Waals surface area contributed by atoms with E-state index in [1.54, 1.807) is 24.3 Å². The number of carbonyl (C=O) groups is 1. The Kier molecular flexibility index (Phi) is 8.54. The van der Waals surface area contributed by atoms with Gasteiger partial charge in [0.05, 0.1) is 11.7 Å². The highest BCUT2D eigenvalue weighted by atomic mass is 16.5. The van der Waals surface area contributed by atoms with Crippen molar-refractivity contribution >= 4 is 5.97 Å². The van der Waals surface area contributed by atoms with Crippen LogP contribution < -0.4 is 10.1 Å². The van der Waals surface area contributed by atoms with Gasteiger partial charge in [-0.15, -0.1) is 0 Å². The smallest absolute Gasteiger partial charge is 0.336 e. The molecular formula is C29H35NO5. The highest BCUT2D eigenvalue weighted by Crippen LogP contribution is 2.32. The van der Waals surface area contributed by atoms with E-state index in [1.807, 2.05) is 58.9 Å². The molecule has 2 atom stereocenters. The molecule has 0 aliphatic heterocycles. The number of carboxylic acid groups (broad SMARTS) is 1. The number of carboxylic acids is 1. The summed E-state index contributed by atoms with van der Waals surface area (Å²) in [5.74, 6) is 0.163. The minimum Gasteiger partial charge on any atom is -0.508 e. The van der Waals surface area contributed by atoms with Crippen LogP contribution in [0.3, 0.4) is 0 Å². The molecule has 0 unspecified atom stereocenters. The summed E-state index contributed by atoms with van der Waals surface area (Å²) in [7, 11) is 0. The van der Waals surface area contributed by atoms with E-state index >= 15 is 0 Å². The molecule has 3 rings (SSSR count). The second-order valence-electron chi connectivity index (χ2n) is 9.33. The number of aromatic hydroxyl groups is 1. The Morgan fingerprint density at radius 3 is 2.20 bits per heavy atom. The lowest BCUT2D eigenvalue weighted by Gasteiger charge is -2.21. The zero-order valence-corrected chi connectivity index (χ0v) is 21.0. The van der Waals surface area contributed by atoms with Crippen molar-refractivity contribution in [1.29, 1.82) is 0 Å². The molecule has 0 saturated heterocycles. The topological polar surface area (TPSA) is 99.0 Å². The predicted molar refractivity (Wildman–Crippen MR) is 138 cm³/mol. The van der Waals surface area contributed by atoms with E-state index in [-0.39, 0.29) is 17.7 Å². The Labute approximate surface area is 207 Å². The Hall–Kier alpha value is -3.35. The van der Waals surface area contributed by atoms with E-state index in [9.17, 15) is 20.1 Å². The van der Waals surface area contributed by atoms with Crippen LogP contribution in [0.4, 0.5) is 0 Å². The summed E-state index contributed by atoms with van der Waals surface area (Å²) in [6, 6.07) is 16.2. The van der Waals surface area contributed by atoms with Crippen molar-refractivity contribution in [3.63, 3.8) is 0 Å². The van der Waals surface area contributed by atoms with Gasteiger partial charge in [-0.2, -0.15) is 0 Å². The van der Waals surface area contributed by atoms with E-state index in [4.69, 9.17) is 4.74 Å². The van der Waals surface area contributed by atoms with Crippen LogP contribution in [0.5, 0.6) is 11.5 Å². The normalized spacial score (nSPS) is 13.0. The number of aryl methyl sites for hydroxylation is 2. The summed E-state index contributed by atoms with van der Waals surface area (Å²) in [6.07, 6.45) is -0.691. The number of hydrogen-bond acceptors (Lipinski definition) is 5. The first kappa shape index (κ1) is 26.3. The quantitative estimate of drug-likeness (QED) is 0.284. The number of hydrogen-bond donors (Lipinski definition) is 4. The SMILES string of the molecule is Cc1cc(-c2cc(C)c(C(=O)O)c(C(C)C)c2)ccc1OCCN[C@@H](C)[C@@H](O)c1ccc(O)cc1. The van der Waals surface area contributed by atoms with Crippen LogP contribution in [0.1, 0.15) is 65.4 Å². The summed E-state index contributed by atoms with van der Waals surface area (Å²) in [6.45, 7) is 10.8. The summed E-state index contributed by atoms with van der Waals surface area (Å²) in [5.41, 5.74) is 5.71. The van der Waals surface area contributed by atoms with Crippen LogP contribution in [-0.2, 0) is 0 Å². The van der Waals surface area contributed by atoms with Crippen LogP contribution in [-0.4, -0.2) is 40.5 Å². The van der Waals surface area contributed by atoms with Gasteiger partial charge >= 0.3 is 5.97 Å². The Morgan fingerprint density at radius 1 is 0.943 bits per heavy atom. The maximum absolute atomic E-state index is 11.7. The van der Waals surface area contributed by atoms with Gasteiger partial charge in [-0.25, -0.2) is 4.79 Å². The van der Waals surface area contributed by atoms with Crippen molar-refractivity contribution in [2.75, 3.05) is 13.2 Å². The number of ether oxygens (including phenoxy) is 1. The molecule has 0 heterocycles. The van der Waals surface area contributed by atoms with Gasteiger partial charge in [0.25, 0.3) is 0 Å². The summed E-state index contributed by atoms with van der Waals surface area (Å²) < 4.78 is 5.96. The highest BCUT2D eigenvalue weighted by molar-refractivity contribution is 5.92. The number of phenolic OH excluding ortho intramolecular Hbond substituents is 1. The third-order valence-electron chi connectivity index (χ3n) is 6.24. The first-order valence-electron chi connectivity index (χ1n) is 11.9. The van der Waals surface area contributed by atoms with Gasteiger partial charge < -0.3 is 25.4 Å². The largest absolute Gasteiger partial charge is 0.508 e. The van der Waals surface area contributed by atoms with Crippen molar-refractivity contribution < 1.29 is 24.9 Å². The Balaban J connectivity index is 1.63. The molecule has 0 aromatic heterocycles. The van der Waals surface area contributed by atoms with Crippen LogP contribution in [0, 0.1) is 13.8 Å². The standard InChI is InChI=1S/C29H35NO5/c1-17(2)25-16-23(15-19(4)27(25)29(33)34)22-8-11-26(18(3)14-22)35-13-12-30-20(5)28(32)21-6-9-24(31)10-7-21/h6-11,14-17,20,28,30-32H,12-13H2,1-5H3,(H,33,34)/t20-,28+/m0/s1. The van der Waals surface area contributed by atoms with E-state index in [0.29, 0.717) is 18.7 Å². The van der Waals surface area contributed by atoms with Crippen molar-refractivity contribution in [3.8, 4) is 22.6 Å². The van der Waals surface area contributed by atoms with Gasteiger partial charge in [0.2, 0.25) is 0 Å². The molecule has 0 radical (unpaired) electrons. The second-order valence-corrected chi connectivity index (χ2v) is 9.33. The number of rotatable bonds is 10. The molecule has 0 aliphatic carbocycles. The number of aromatic carboxylic acids is 1. The molecule has 0 saturated carbocycles. The number of phenols is 1. The van der Waals surface area contributed by atoms with Gasteiger partial charge in [-0.1, -0.05) is 44.2 Å². The first-order chi connectivity index (χ1) is 16.6. The van der Waals surface area contributed by atoms with Crippen LogP contribution in [0.25, 0.3) is 11.1 Å². The average Bonchev–Trinajstić information content (AvgIpc) is 2.81. The maximum Gasteiger partial charge on any atom is 0.336 e.